The maximum absolute atomic E-state index is 12.0. The molecule has 0 aliphatic carbocycles. The number of aryl methyl sites for hydroxylation is 1. The Morgan fingerprint density at radius 2 is 1.75 bits per heavy atom. The number of hydrogen-bond donors (Lipinski definition) is 1. The number of carbonyl (C=O) groups excluding carboxylic acids is 1. The molecule has 0 fully saturated rings. The number of halogens is 1. The first-order valence-electron chi connectivity index (χ1n) is 5.78. The molecule has 20 heavy (non-hydrogen) atoms. The minimum atomic E-state index is -3.87. The van der Waals surface area contributed by atoms with Crippen molar-refractivity contribution in [2.75, 3.05) is 0 Å². The molecule has 0 radical (unpaired) electrons. The van der Waals surface area contributed by atoms with E-state index in [0.717, 1.165) is 0 Å². The van der Waals surface area contributed by atoms with Gasteiger partial charge in [-0.1, -0.05) is 29.8 Å². The molecule has 0 aliphatic rings. The van der Waals surface area contributed by atoms with Crippen molar-refractivity contribution in [3.8, 4) is 0 Å². The molecule has 104 valence electrons. The topological polar surface area (TPSA) is 63.2 Å². The van der Waals surface area contributed by atoms with Crippen molar-refractivity contribution in [1.29, 1.82) is 0 Å². The van der Waals surface area contributed by atoms with Gasteiger partial charge in [-0.25, -0.2) is 13.1 Å². The average Bonchev–Trinajstić information content (AvgIpc) is 2.39. The molecule has 0 aliphatic heterocycles. The number of amides is 1. The first-order chi connectivity index (χ1) is 9.40. The molecule has 2 rings (SSSR count). The minimum Gasteiger partial charge on any atom is -0.268 e. The second-order valence-corrected chi connectivity index (χ2v) is 6.33. The fourth-order valence-corrected chi connectivity index (χ4v) is 2.93. The van der Waals surface area contributed by atoms with Crippen molar-refractivity contribution in [2.24, 2.45) is 0 Å². The Bertz CT molecular complexity index is 742. The van der Waals surface area contributed by atoms with Gasteiger partial charge >= 0.3 is 0 Å². The lowest BCUT2D eigenvalue weighted by molar-refractivity contribution is 0.0981. The summed E-state index contributed by atoms with van der Waals surface area (Å²) < 4.78 is 26.1. The lowest BCUT2D eigenvalue weighted by Gasteiger charge is -2.09. The average molecular weight is 310 g/mol. The maximum atomic E-state index is 12.0. The van der Waals surface area contributed by atoms with E-state index >= 15 is 0 Å². The molecule has 2 aromatic carbocycles. The van der Waals surface area contributed by atoms with Crippen LogP contribution < -0.4 is 4.72 Å². The highest BCUT2D eigenvalue weighted by Crippen LogP contribution is 2.16. The van der Waals surface area contributed by atoms with Gasteiger partial charge in [0.05, 0.1) is 4.90 Å². The molecule has 1 amide bonds. The van der Waals surface area contributed by atoms with Crippen molar-refractivity contribution in [3.63, 3.8) is 0 Å². The van der Waals surface area contributed by atoms with Crippen LogP contribution in [-0.2, 0) is 10.0 Å². The first-order valence-corrected chi connectivity index (χ1v) is 7.64. The van der Waals surface area contributed by atoms with E-state index in [9.17, 15) is 13.2 Å². The van der Waals surface area contributed by atoms with Crippen LogP contribution in [0.1, 0.15) is 15.9 Å². The molecule has 0 bridgehead atoms. The van der Waals surface area contributed by atoms with Crippen LogP contribution in [0.3, 0.4) is 0 Å². The lowest BCUT2D eigenvalue weighted by Crippen LogP contribution is -2.31. The molecule has 2 aromatic rings. The van der Waals surface area contributed by atoms with E-state index in [1.165, 1.54) is 18.2 Å². The van der Waals surface area contributed by atoms with Gasteiger partial charge in [-0.3, -0.25) is 4.79 Å². The lowest BCUT2D eigenvalue weighted by atomic mass is 10.1. The molecule has 0 aromatic heterocycles. The Kier molecular flexibility index (Phi) is 4.11. The van der Waals surface area contributed by atoms with Crippen LogP contribution in [-0.4, -0.2) is 14.3 Å². The molecule has 4 nitrogen and oxygen atoms in total. The summed E-state index contributed by atoms with van der Waals surface area (Å²) in [5.41, 5.74) is 0.882. The van der Waals surface area contributed by atoms with E-state index in [2.05, 4.69) is 0 Å². The normalized spacial score (nSPS) is 11.1. The number of carbonyl (C=O) groups is 1. The van der Waals surface area contributed by atoms with Crippen molar-refractivity contribution in [1.82, 2.24) is 4.72 Å². The van der Waals surface area contributed by atoms with Crippen molar-refractivity contribution < 1.29 is 13.2 Å². The van der Waals surface area contributed by atoms with E-state index in [1.54, 1.807) is 37.3 Å². The van der Waals surface area contributed by atoms with Gasteiger partial charge in [0.1, 0.15) is 0 Å². The highest BCUT2D eigenvalue weighted by Gasteiger charge is 2.19. The second-order valence-electron chi connectivity index (χ2n) is 4.21. The zero-order valence-electron chi connectivity index (χ0n) is 10.6. The van der Waals surface area contributed by atoms with Crippen molar-refractivity contribution in [3.05, 3.63) is 64.7 Å². The van der Waals surface area contributed by atoms with Crippen LogP contribution in [0, 0.1) is 6.92 Å². The summed E-state index contributed by atoms with van der Waals surface area (Å²) in [4.78, 5) is 12.1. The van der Waals surface area contributed by atoms with E-state index in [4.69, 9.17) is 11.6 Å². The monoisotopic (exact) mass is 309 g/mol. The fourth-order valence-electron chi connectivity index (χ4n) is 1.72. The number of rotatable bonds is 3. The van der Waals surface area contributed by atoms with Gasteiger partial charge in [-0.05, 0) is 42.8 Å². The molecular formula is C14H12ClNO3S. The highest BCUT2D eigenvalue weighted by molar-refractivity contribution is 7.90. The molecule has 0 saturated heterocycles. The summed E-state index contributed by atoms with van der Waals surface area (Å²) in [6, 6.07) is 12.4. The Morgan fingerprint density at radius 3 is 2.35 bits per heavy atom. The van der Waals surface area contributed by atoms with Crippen LogP contribution in [0.25, 0.3) is 0 Å². The highest BCUT2D eigenvalue weighted by atomic mass is 35.5. The smallest absolute Gasteiger partial charge is 0.265 e. The van der Waals surface area contributed by atoms with Crippen LogP contribution in [0.5, 0.6) is 0 Å². The number of hydrogen-bond acceptors (Lipinski definition) is 3. The first kappa shape index (κ1) is 14.6. The zero-order valence-corrected chi connectivity index (χ0v) is 12.2. The van der Waals surface area contributed by atoms with Gasteiger partial charge in [0.15, 0.2) is 0 Å². The second kappa shape index (κ2) is 5.64. The molecule has 6 heteroatoms. The predicted octanol–water partition coefficient (Wildman–Crippen LogP) is 2.77. The quantitative estimate of drug-likeness (QED) is 0.948. The van der Waals surface area contributed by atoms with E-state index in [0.29, 0.717) is 10.6 Å². The van der Waals surface area contributed by atoms with E-state index in [-0.39, 0.29) is 10.5 Å². The molecule has 0 unspecified atom stereocenters. The third-order valence-electron chi connectivity index (χ3n) is 2.71. The summed E-state index contributed by atoms with van der Waals surface area (Å²) in [5, 5.41) is 0.491. The largest absolute Gasteiger partial charge is 0.268 e. The van der Waals surface area contributed by atoms with Crippen LogP contribution >= 0.6 is 11.6 Å². The van der Waals surface area contributed by atoms with Crippen LogP contribution in [0.2, 0.25) is 5.02 Å². The summed E-state index contributed by atoms with van der Waals surface area (Å²) >= 11 is 5.80. The summed E-state index contributed by atoms with van der Waals surface area (Å²) in [6.45, 7) is 1.69. The molecule has 0 atom stereocenters. The van der Waals surface area contributed by atoms with Crippen molar-refractivity contribution >= 4 is 27.5 Å². The third-order valence-corrected chi connectivity index (χ3v) is 4.30. The zero-order chi connectivity index (χ0) is 14.8. The van der Waals surface area contributed by atoms with Gasteiger partial charge in [-0.2, -0.15) is 0 Å². The third kappa shape index (κ3) is 3.18. The fraction of sp³-hybridized carbons (Fsp3) is 0.0714. The number of sulfonamides is 1. The Labute approximate surface area is 122 Å². The van der Waals surface area contributed by atoms with Gasteiger partial charge in [-0.15, -0.1) is 0 Å². The standard InChI is InChI=1S/C14H12ClNO3S/c1-10-9-11(15)7-8-13(10)14(17)16-20(18,19)12-5-3-2-4-6-12/h2-9H,1H3,(H,16,17). The Balaban J connectivity index is 2.28. The molecule has 0 spiro atoms. The number of nitrogens with one attached hydrogen (secondary N) is 1. The molecule has 0 saturated carbocycles. The Morgan fingerprint density at radius 1 is 1.10 bits per heavy atom. The number of benzene rings is 2. The van der Waals surface area contributed by atoms with Crippen LogP contribution in [0.15, 0.2) is 53.4 Å². The molecular weight excluding hydrogens is 298 g/mol. The van der Waals surface area contributed by atoms with E-state index < -0.39 is 15.9 Å². The summed E-state index contributed by atoms with van der Waals surface area (Å²) in [7, 11) is -3.87. The summed E-state index contributed by atoms with van der Waals surface area (Å²) in [6.07, 6.45) is 0. The van der Waals surface area contributed by atoms with Gasteiger partial charge < -0.3 is 0 Å². The molecule has 0 heterocycles. The van der Waals surface area contributed by atoms with Crippen molar-refractivity contribution in [2.45, 2.75) is 11.8 Å². The molecule has 1 N–H and O–H groups in total. The Hall–Kier alpha value is -1.85. The van der Waals surface area contributed by atoms with Gasteiger partial charge in [0, 0.05) is 10.6 Å². The minimum absolute atomic E-state index is 0.0416. The maximum Gasteiger partial charge on any atom is 0.265 e. The van der Waals surface area contributed by atoms with Gasteiger partial charge in [0.2, 0.25) is 0 Å². The predicted molar refractivity (Wildman–Crippen MR) is 77.3 cm³/mol. The van der Waals surface area contributed by atoms with Gasteiger partial charge in [0.25, 0.3) is 15.9 Å². The van der Waals surface area contributed by atoms with Crippen LogP contribution in [0.4, 0.5) is 0 Å². The summed E-state index contributed by atoms with van der Waals surface area (Å²) in [5.74, 6) is -0.678. The SMILES string of the molecule is Cc1cc(Cl)ccc1C(=O)NS(=O)(=O)c1ccccc1. The van der Waals surface area contributed by atoms with E-state index in [1.807, 2.05) is 4.72 Å².